The van der Waals surface area contributed by atoms with E-state index in [-0.39, 0.29) is 17.6 Å². The highest BCUT2D eigenvalue weighted by Gasteiger charge is 2.61. The van der Waals surface area contributed by atoms with Gasteiger partial charge in [0.15, 0.2) is 6.29 Å². The molecule has 0 bridgehead atoms. The molecule has 2 aliphatic rings. The Hall–Kier alpha value is -0.380. The maximum atomic E-state index is 10.8. The van der Waals surface area contributed by atoms with Gasteiger partial charge in [0.2, 0.25) is 0 Å². The van der Waals surface area contributed by atoms with Gasteiger partial charge in [-0.1, -0.05) is 19.9 Å². The van der Waals surface area contributed by atoms with Gasteiger partial charge in [-0.2, -0.15) is 0 Å². The average molecular weight is 226 g/mol. The van der Waals surface area contributed by atoms with Crippen molar-refractivity contribution < 1.29 is 14.6 Å². The van der Waals surface area contributed by atoms with Gasteiger partial charge < -0.3 is 14.6 Å². The summed E-state index contributed by atoms with van der Waals surface area (Å²) in [6.45, 7) is 8.85. The summed E-state index contributed by atoms with van der Waals surface area (Å²) in [5.41, 5.74) is -0.898. The molecule has 16 heavy (non-hydrogen) atoms. The second-order valence-corrected chi connectivity index (χ2v) is 5.38. The summed E-state index contributed by atoms with van der Waals surface area (Å²) >= 11 is 0. The quantitative estimate of drug-likeness (QED) is 0.749. The number of rotatable bonds is 3. The van der Waals surface area contributed by atoms with Gasteiger partial charge in [-0.15, -0.1) is 6.58 Å². The summed E-state index contributed by atoms with van der Waals surface area (Å²) in [6, 6.07) is 0. The van der Waals surface area contributed by atoms with Crippen LogP contribution in [0, 0.1) is 11.3 Å². The summed E-state index contributed by atoms with van der Waals surface area (Å²) in [6.07, 6.45) is 4.31. The van der Waals surface area contributed by atoms with Crippen LogP contribution in [0.1, 0.15) is 33.1 Å². The molecule has 92 valence electrons. The summed E-state index contributed by atoms with van der Waals surface area (Å²) in [5, 5.41) is 10.8. The van der Waals surface area contributed by atoms with E-state index in [0.29, 0.717) is 13.2 Å². The highest BCUT2D eigenvalue weighted by molar-refractivity contribution is 5.08. The van der Waals surface area contributed by atoms with Crippen molar-refractivity contribution in [2.75, 3.05) is 13.2 Å². The van der Waals surface area contributed by atoms with Gasteiger partial charge in [-0.3, -0.25) is 0 Å². The van der Waals surface area contributed by atoms with E-state index in [0.717, 1.165) is 19.3 Å². The molecule has 1 aliphatic carbocycles. The van der Waals surface area contributed by atoms with Crippen molar-refractivity contribution >= 4 is 0 Å². The minimum atomic E-state index is -0.628. The van der Waals surface area contributed by atoms with Crippen molar-refractivity contribution in [1.29, 1.82) is 0 Å². The zero-order valence-electron chi connectivity index (χ0n) is 10.2. The van der Waals surface area contributed by atoms with E-state index in [1.54, 1.807) is 6.08 Å². The minimum Gasteiger partial charge on any atom is -0.389 e. The Kier molecular flexibility index (Phi) is 3.12. The van der Waals surface area contributed by atoms with E-state index in [4.69, 9.17) is 9.47 Å². The monoisotopic (exact) mass is 226 g/mol. The van der Waals surface area contributed by atoms with Crippen LogP contribution in [0.2, 0.25) is 0 Å². The SMILES string of the molecule is C=CCO[C@H]1OC[C@@H](C)[C@@]2(O)CCC[C@]12C. The largest absolute Gasteiger partial charge is 0.389 e. The zero-order chi connectivity index (χ0) is 11.8. The van der Waals surface area contributed by atoms with Crippen molar-refractivity contribution in [3.8, 4) is 0 Å². The van der Waals surface area contributed by atoms with Gasteiger partial charge in [-0.05, 0) is 19.3 Å². The molecule has 1 aliphatic heterocycles. The van der Waals surface area contributed by atoms with E-state index in [1.807, 2.05) is 0 Å². The summed E-state index contributed by atoms with van der Waals surface area (Å²) < 4.78 is 11.4. The fraction of sp³-hybridized carbons (Fsp3) is 0.846. The Morgan fingerprint density at radius 1 is 1.56 bits per heavy atom. The van der Waals surface area contributed by atoms with Crippen molar-refractivity contribution in [2.24, 2.45) is 11.3 Å². The lowest BCUT2D eigenvalue weighted by Gasteiger charge is -2.51. The first-order valence-electron chi connectivity index (χ1n) is 6.11. The third-order valence-electron chi connectivity index (χ3n) is 4.44. The molecule has 0 amide bonds. The standard InChI is InChI=1S/C13H22O3/c1-4-8-15-11-12(3)6-5-7-13(12,14)10(2)9-16-11/h4,10-11,14H,1,5-9H2,2-3H3/t10-,11+,12-,13+/m1/s1. The molecule has 0 unspecified atom stereocenters. The number of hydrogen-bond donors (Lipinski definition) is 1. The third-order valence-corrected chi connectivity index (χ3v) is 4.44. The van der Waals surface area contributed by atoms with Crippen LogP contribution < -0.4 is 0 Å². The van der Waals surface area contributed by atoms with Crippen molar-refractivity contribution in [1.82, 2.24) is 0 Å². The first-order chi connectivity index (χ1) is 7.54. The van der Waals surface area contributed by atoms with Crippen LogP contribution in [0.5, 0.6) is 0 Å². The third kappa shape index (κ3) is 1.53. The highest BCUT2D eigenvalue weighted by atomic mass is 16.7. The van der Waals surface area contributed by atoms with Crippen LogP contribution in [0.15, 0.2) is 12.7 Å². The van der Waals surface area contributed by atoms with Gasteiger partial charge in [0.05, 0.1) is 18.8 Å². The van der Waals surface area contributed by atoms with Crippen molar-refractivity contribution in [3.63, 3.8) is 0 Å². The predicted octanol–water partition coefficient (Wildman–Crippen LogP) is 2.10. The lowest BCUT2D eigenvalue weighted by molar-refractivity contribution is -0.296. The van der Waals surface area contributed by atoms with Crippen LogP contribution in [0.4, 0.5) is 0 Å². The summed E-state index contributed by atoms with van der Waals surface area (Å²) in [7, 11) is 0. The molecule has 1 saturated carbocycles. The molecule has 1 heterocycles. The van der Waals surface area contributed by atoms with Gasteiger partial charge >= 0.3 is 0 Å². The molecule has 1 N–H and O–H groups in total. The fourth-order valence-corrected chi connectivity index (χ4v) is 3.30. The molecule has 0 aromatic heterocycles. The number of fused-ring (bicyclic) bond motifs is 1. The smallest absolute Gasteiger partial charge is 0.166 e. The minimum absolute atomic E-state index is 0.184. The van der Waals surface area contributed by atoms with E-state index in [9.17, 15) is 5.11 Å². The molecule has 2 rings (SSSR count). The predicted molar refractivity (Wildman–Crippen MR) is 62.0 cm³/mol. The molecule has 0 radical (unpaired) electrons. The molecule has 3 nitrogen and oxygen atoms in total. The first kappa shape index (κ1) is 12.1. The van der Waals surface area contributed by atoms with Gasteiger partial charge in [0.1, 0.15) is 0 Å². The van der Waals surface area contributed by atoms with E-state index >= 15 is 0 Å². The van der Waals surface area contributed by atoms with Gasteiger partial charge in [0.25, 0.3) is 0 Å². The van der Waals surface area contributed by atoms with Crippen molar-refractivity contribution in [3.05, 3.63) is 12.7 Å². The zero-order valence-corrected chi connectivity index (χ0v) is 10.2. The maximum absolute atomic E-state index is 10.8. The fourth-order valence-electron chi connectivity index (χ4n) is 3.30. The number of hydrogen-bond acceptors (Lipinski definition) is 3. The van der Waals surface area contributed by atoms with Gasteiger partial charge in [0, 0.05) is 11.3 Å². The highest BCUT2D eigenvalue weighted by Crippen LogP contribution is 2.55. The molecule has 1 saturated heterocycles. The Bertz CT molecular complexity index is 278. The topological polar surface area (TPSA) is 38.7 Å². The lowest BCUT2D eigenvalue weighted by atomic mass is 9.67. The van der Waals surface area contributed by atoms with Crippen LogP contribution in [-0.2, 0) is 9.47 Å². The van der Waals surface area contributed by atoms with E-state index in [2.05, 4.69) is 20.4 Å². The average Bonchev–Trinajstić information content (AvgIpc) is 2.57. The Morgan fingerprint density at radius 3 is 3.00 bits per heavy atom. The molecule has 0 aromatic carbocycles. The molecular formula is C13H22O3. The van der Waals surface area contributed by atoms with E-state index < -0.39 is 5.60 Å². The second kappa shape index (κ2) is 4.13. The molecule has 2 fully saturated rings. The normalized spacial score (nSPS) is 47.7. The Morgan fingerprint density at radius 2 is 2.31 bits per heavy atom. The number of ether oxygens (including phenoxy) is 2. The molecule has 4 atom stereocenters. The number of aliphatic hydroxyl groups is 1. The second-order valence-electron chi connectivity index (χ2n) is 5.38. The molecule has 0 spiro atoms. The molecular weight excluding hydrogens is 204 g/mol. The first-order valence-corrected chi connectivity index (χ1v) is 6.11. The van der Waals surface area contributed by atoms with Crippen LogP contribution in [0.25, 0.3) is 0 Å². The Balaban J connectivity index is 2.20. The van der Waals surface area contributed by atoms with Gasteiger partial charge in [-0.25, -0.2) is 0 Å². The molecule has 3 heteroatoms. The summed E-state index contributed by atoms with van der Waals surface area (Å²) in [4.78, 5) is 0. The molecule has 0 aromatic rings. The van der Waals surface area contributed by atoms with E-state index in [1.165, 1.54) is 0 Å². The van der Waals surface area contributed by atoms with Crippen LogP contribution in [0.3, 0.4) is 0 Å². The maximum Gasteiger partial charge on any atom is 0.166 e. The van der Waals surface area contributed by atoms with Crippen LogP contribution in [-0.4, -0.2) is 30.2 Å². The van der Waals surface area contributed by atoms with Crippen molar-refractivity contribution in [2.45, 2.75) is 45.0 Å². The lowest BCUT2D eigenvalue weighted by Crippen LogP contribution is -2.60. The van der Waals surface area contributed by atoms with Crippen LogP contribution >= 0.6 is 0 Å². The Labute approximate surface area is 97.4 Å². The summed E-state index contributed by atoms with van der Waals surface area (Å²) in [5.74, 6) is 0.184.